The summed E-state index contributed by atoms with van der Waals surface area (Å²) in [5, 5.41) is 8.50. The summed E-state index contributed by atoms with van der Waals surface area (Å²) in [6.45, 7) is 2.36. The van der Waals surface area contributed by atoms with E-state index in [2.05, 4.69) is 4.90 Å². The molecule has 17 heavy (non-hydrogen) atoms. The first-order valence-electron chi connectivity index (χ1n) is 5.98. The number of carboxylic acid groups (broad SMARTS) is 1. The van der Waals surface area contributed by atoms with E-state index in [0.29, 0.717) is 6.54 Å². The van der Waals surface area contributed by atoms with E-state index < -0.39 is 12.0 Å². The topological polar surface area (TPSA) is 83.6 Å². The monoisotopic (exact) mass is 240 g/mol. The van der Waals surface area contributed by atoms with Crippen molar-refractivity contribution in [1.82, 2.24) is 4.90 Å². The van der Waals surface area contributed by atoms with E-state index in [-0.39, 0.29) is 12.2 Å². The molecule has 0 saturated carbocycles. The predicted molar refractivity (Wildman–Crippen MR) is 64.7 cm³/mol. The van der Waals surface area contributed by atoms with E-state index in [4.69, 9.17) is 10.8 Å². The highest BCUT2D eigenvalue weighted by Gasteiger charge is 2.12. The van der Waals surface area contributed by atoms with Crippen LogP contribution in [0, 0.1) is 0 Å². The largest absolute Gasteiger partial charge is 0.481 e. The number of rotatable bonds is 6. The average Bonchev–Trinajstić information content (AvgIpc) is 2.27. The summed E-state index contributed by atoms with van der Waals surface area (Å²) in [4.78, 5) is 24.1. The van der Waals surface area contributed by atoms with Crippen molar-refractivity contribution in [3.05, 3.63) is 12.2 Å². The highest BCUT2D eigenvalue weighted by atomic mass is 16.4. The quantitative estimate of drug-likeness (QED) is 0.656. The minimum Gasteiger partial charge on any atom is -0.481 e. The molecule has 5 heteroatoms. The van der Waals surface area contributed by atoms with Crippen LogP contribution in [0.2, 0.25) is 0 Å². The van der Waals surface area contributed by atoms with E-state index in [1.54, 1.807) is 0 Å². The molecule has 0 spiro atoms. The van der Waals surface area contributed by atoms with Crippen LogP contribution < -0.4 is 5.73 Å². The van der Waals surface area contributed by atoms with Crippen LogP contribution in [0.5, 0.6) is 0 Å². The minimum absolute atomic E-state index is 0.00672. The van der Waals surface area contributed by atoms with Crippen LogP contribution in [-0.2, 0) is 9.59 Å². The molecule has 0 aromatic carbocycles. The first kappa shape index (κ1) is 13.9. The number of carbonyl (C=O) groups is 2. The SMILES string of the molecule is NC(C=CC(=O)CN1CCCCC1)CC(=O)O. The third-order valence-electron chi connectivity index (χ3n) is 2.77. The van der Waals surface area contributed by atoms with Crippen molar-refractivity contribution in [3.8, 4) is 0 Å². The van der Waals surface area contributed by atoms with Crippen LogP contribution in [0.4, 0.5) is 0 Å². The Balaban J connectivity index is 2.27. The van der Waals surface area contributed by atoms with Gasteiger partial charge in [-0.05, 0) is 32.0 Å². The Hall–Kier alpha value is -1.20. The van der Waals surface area contributed by atoms with Crippen molar-refractivity contribution in [2.45, 2.75) is 31.7 Å². The van der Waals surface area contributed by atoms with Crippen LogP contribution in [0.3, 0.4) is 0 Å². The van der Waals surface area contributed by atoms with Crippen LogP contribution in [0.1, 0.15) is 25.7 Å². The fourth-order valence-corrected chi connectivity index (χ4v) is 1.89. The normalized spacial score (nSPS) is 19.4. The van der Waals surface area contributed by atoms with Crippen LogP contribution in [0.25, 0.3) is 0 Å². The molecule has 1 aliphatic heterocycles. The number of hydrogen-bond donors (Lipinski definition) is 2. The van der Waals surface area contributed by atoms with Crippen molar-refractivity contribution in [2.75, 3.05) is 19.6 Å². The van der Waals surface area contributed by atoms with Crippen molar-refractivity contribution in [1.29, 1.82) is 0 Å². The van der Waals surface area contributed by atoms with Gasteiger partial charge in [-0.25, -0.2) is 0 Å². The zero-order valence-corrected chi connectivity index (χ0v) is 9.97. The van der Waals surface area contributed by atoms with Gasteiger partial charge in [0.05, 0.1) is 13.0 Å². The van der Waals surface area contributed by atoms with Crippen molar-refractivity contribution in [3.63, 3.8) is 0 Å². The lowest BCUT2D eigenvalue weighted by molar-refractivity contribution is -0.137. The van der Waals surface area contributed by atoms with Gasteiger partial charge >= 0.3 is 5.97 Å². The highest BCUT2D eigenvalue weighted by Crippen LogP contribution is 2.08. The molecule has 1 fully saturated rings. The smallest absolute Gasteiger partial charge is 0.305 e. The Kier molecular flexibility index (Phi) is 5.86. The molecule has 0 aliphatic carbocycles. The number of ketones is 1. The maximum absolute atomic E-state index is 11.6. The van der Waals surface area contributed by atoms with E-state index in [9.17, 15) is 9.59 Å². The van der Waals surface area contributed by atoms with Crippen molar-refractivity contribution >= 4 is 11.8 Å². The maximum Gasteiger partial charge on any atom is 0.305 e. The summed E-state index contributed by atoms with van der Waals surface area (Å²) in [5.74, 6) is -0.960. The molecule has 1 atom stereocenters. The van der Waals surface area contributed by atoms with Gasteiger partial charge in [0.1, 0.15) is 0 Å². The zero-order valence-electron chi connectivity index (χ0n) is 9.97. The fourth-order valence-electron chi connectivity index (χ4n) is 1.89. The highest BCUT2D eigenvalue weighted by molar-refractivity contribution is 5.91. The number of piperidine rings is 1. The second-order valence-electron chi connectivity index (χ2n) is 4.42. The van der Waals surface area contributed by atoms with Gasteiger partial charge in [0, 0.05) is 6.04 Å². The van der Waals surface area contributed by atoms with E-state index in [1.807, 2.05) is 0 Å². The Morgan fingerprint density at radius 3 is 2.53 bits per heavy atom. The molecule has 5 nitrogen and oxygen atoms in total. The van der Waals surface area contributed by atoms with Gasteiger partial charge in [0.15, 0.2) is 5.78 Å². The molecular weight excluding hydrogens is 220 g/mol. The first-order valence-corrected chi connectivity index (χ1v) is 5.98. The Bertz CT molecular complexity index is 296. The van der Waals surface area contributed by atoms with Crippen LogP contribution in [-0.4, -0.2) is 47.4 Å². The third-order valence-corrected chi connectivity index (χ3v) is 2.77. The van der Waals surface area contributed by atoms with Crippen LogP contribution >= 0.6 is 0 Å². The second-order valence-corrected chi connectivity index (χ2v) is 4.42. The molecular formula is C12H20N2O3. The first-order chi connectivity index (χ1) is 8.08. The average molecular weight is 240 g/mol. The Morgan fingerprint density at radius 1 is 1.29 bits per heavy atom. The lowest BCUT2D eigenvalue weighted by Crippen LogP contribution is -2.34. The molecule has 0 amide bonds. The summed E-state index contributed by atoms with van der Waals surface area (Å²) >= 11 is 0. The van der Waals surface area contributed by atoms with Crippen molar-refractivity contribution in [2.24, 2.45) is 5.73 Å². The van der Waals surface area contributed by atoms with Gasteiger partial charge in [-0.1, -0.05) is 12.5 Å². The van der Waals surface area contributed by atoms with Crippen LogP contribution in [0.15, 0.2) is 12.2 Å². The van der Waals surface area contributed by atoms with E-state index in [0.717, 1.165) is 25.9 Å². The summed E-state index contributed by atoms with van der Waals surface area (Å²) in [5.41, 5.74) is 5.52. The molecule has 1 rings (SSSR count). The van der Waals surface area contributed by atoms with E-state index in [1.165, 1.54) is 18.6 Å². The number of nitrogens with two attached hydrogens (primary N) is 1. The van der Waals surface area contributed by atoms with Gasteiger partial charge in [0.25, 0.3) is 0 Å². The van der Waals surface area contributed by atoms with Gasteiger partial charge < -0.3 is 10.8 Å². The molecule has 0 aromatic heterocycles. The summed E-state index contributed by atoms with van der Waals surface area (Å²) in [7, 11) is 0. The van der Waals surface area contributed by atoms with Gasteiger partial charge in [-0.15, -0.1) is 0 Å². The molecule has 1 aliphatic rings. The van der Waals surface area contributed by atoms with Gasteiger partial charge in [-0.2, -0.15) is 0 Å². The maximum atomic E-state index is 11.6. The van der Waals surface area contributed by atoms with E-state index >= 15 is 0 Å². The van der Waals surface area contributed by atoms with Gasteiger partial charge in [0.2, 0.25) is 0 Å². The number of nitrogens with zero attached hydrogens (tertiary/aromatic N) is 1. The molecule has 0 aromatic rings. The van der Waals surface area contributed by atoms with Gasteiger partial charge in [-0.3, -0.25) is 14.5 Å². The number of carboxylic acids is 1. The summed E-state index contributed by atoms with van der Waals surface area (Å²) in [6.07, 6.45) is 6.27. The number of likely N-dealkylation sites (tertiary alicyclic amines) is 1. The Labute approximate surface area is 101 Å². The molecule has 1 unspecified atom stereocenters. The standard InChI is InChI=1S/C12H20N2O3/c13-10(8-12(16)17)4-5-11(15)9-14-6-2-1-3-7-14/h4-5,10H,1-3,6-9,13H2,(H,16,17). The molecule has 0 bridgehead atoms. The zero-order chi connectivity index (χ0) is 12.7. The lowest BCUT2D eigenvalue weighted by Gasteiger charge is -2.24. The molecule has 1 saturated heterocycles. The molecule has 0 radical (unpaired) electrons. The van der Waals surface area contributed by atoms with Crippen molar-refractivity contribution < 1.29 is 14.7 Å². The lowest BCUT2D eigenvalue weighted by atomic mass is 10.1. The molecule has 3 N–H and O–H groups in total. The molecule has 96 valence electrons. The molecule has 1 heterocycles. The number of aliphatic carboxylic acids is 1. The number of carbonyl (C=O) groups excluding carboxylic acids is 1. The summed E-state index contributed by atoms with van der Waals surface area (Å²) in [6, 6.07) is -0.585. The third kappa shape index (κ3) is 6.19. The number of hydrogen-bond acceptors (Lipinski definition) is 4. The fraction of sp³-hybridized carbons (Fsp3) is 0.667. The summed E-state index contributed by atoms with van der Waals surface area (Å²) < 4.78 is 0. The second kappa shape index (κ2) is 7.19. The predicted octanol–water partition coefficient (Wildman–Crippen LogP) is 0.400. The minimum atomic E-state index is -0.953. The Morgan fingerprint density at radius 2 is 1.94 bits per heavy atom.